The maximum Gasteiger partial charge on any atom is 0.00727 e. The molecule has 60 valence electrons. The SMILES string of the molecule is CC(C)N1C[C@H](C)C[C@H]1C. The maximum atomic E-state index is 2.59. The highest BCUT2D eigenvalue weighted by atomic mass is 15.2. The van der Waals surface area contributed by atoms with E-state index in [0.717, 1.165) is 18.0 Å². The van der Waals surface area contributed by atoms with Crippen molar-refractivity contribution < 1.29 is 0 Å². The Kier molecular flexibility index (Phi) is 2.35. The summed E-state index contributed by atoms with van der Waals surface area (Å²) in [5.74, 6) is 0.914. The third kappa shape index (κ3) is 1.51. The molecule has 0 unspecified atom stereocenters. The molecule has 1 aliphatic heterocycles. The third-order valence-electron chi connectivity index (χ3n) is 2.50. The average molecular weight is 141 g/mol. The van der Waals surface area contributed by atoms with Gasteiger partial charge in [-0.05, 0) is 33.1 Å². The second-order valence-electron chi connectivity index (χ2n) is 3.98. The van der Waals surface area contributed by atoms with Crippen LogP contribution in [-0.2, 0) is 0 Å². The molecule has 1 heterocycles. The highest BCUT2D eigenvalue weighted by Gasteiger charge is 2.27. The fourth-order valence-corrected chi connectivity index (χ4v) is 2.05. The summed E-state index contributed by atoms with van der Waals surface area (Å²) in [6, 6.07) is 1.55. The van der Waals surface area contributed by atoms with Crippen molar-refractivity contribution in [3.8, 4) is 0 Å². The Balaban J connectivity index is 2.46. The number of rotatable bonds is 1. The van der Waals surface area contributed by atoms with E-state index in [1.807, 2.05) is 0 Å². The van der Waals surface area contributed by atoms with Gasteiger partial charge in [-0.3, -0.25) is 4.90 Å². The summed E-state index contributed by atoms with van der Waals surface area (Å²) in [4.78, 5) is 2.59. The summed E-state index contributed by atoms with van der Waals surface area (Å²) in [5.41, 5.74) is 0. The van der Waals surface area contributed by atoms with Gasteiger partial charge >= 0.3 is 0 Å². The molecule has 1 fully saturated rings. The van der Waals surface area contributed by atoms with Gasteiger partial charge in [0.05, 0.1) is 0 Å². The van der Waals surface area contributed by atoms with Crippen molar-refractivity contribution in [2.24, 2.45) is 5.92 Å². The topological polar surface area (TPSA) is 3.24 Å². The van der Waals surface area contributed by atoms with Gasteiger partial charge in [0.25, 0.3) is 0 Å². The molecule has 2 atom stereocenters. The van der Waals surface area contributed by atoms with Gasteiger partial charge in [-0.25, -0.2) is 0 Å². The lowest BCUT2D eigenvalue weighted by Crippen LogP contribution is -2.33. The van der Waals surface area contributed by atoms with E-state index in [1.54, 1.807) is 0 Å². The summed E-state index contributed by atoms with van der Waals surface area (Å²) < 4.78 is 0. The Bertz CT molecular complexity index is 109. The largest absolute Gasteiger partial charge is 0.298 e. The smallest absolute Gasteiger partial charge is 0.00727 e. The van der Waals surface area contributed by atoms with Crippen LogP contribution in [0, 0.1) is 5.92 Å². The molecule has 0 radical (unpaired) electrons. The van der Waals surface area contributed by atoms with Crippen LogP contribution in [0.3, 0.4) is 0 Å². The van der Waals surface area contributed by atoms with E-state index in [4.69, 9.17) is 0 Å². The Morgan fingerprint density at radius 2 is 1.90 bits per heavy atom. The fraction of sp³-hybridized carbons (Fsp3) is 1.00. The molecule has 1 nitrogen and oxygen atoms in total. The van der Waals surface area contributed by atoms with Crippen LogP contribution in [0.4, 0.5) is 0 Å². The van der Waals surface area contributed by atoms with Crippen molar-refractivity contribution in [2.45, 2.75) is 46.2 Å². The quantitative estimate of drug-likeness (QED) is 0.540. The Morgan fingerprint density at radius 3 is 2.10 bits per heavy atom. The molecular weight excluding hydrogens is 122 g/mol. The van der Waals surface area contributed by atoms with Gasteiger partial charge in [0.1, 0.15) is 0 Å². The summed E-state index contributed by atoms with van der Waals surface area (Å²) >= 11 is 0. The molecule has 0 amide bonds. The first-order valence-corrected chi connectivity index (χ1v) is 4.37. The van der Waals surface area contributed by atoms with E-state index in [0.29, 0.717) is 0 Å². The van der Waals surface area contributed by atoms with Crippen molar-refractivity contribution in [3.05, 3.63) is 0 Å². The van der Waals surface area contributed by atoms with Crippen LogP contribution in [0.5, 0.6) is 0 Å². The van der Waals surface area contributed by atoms with Crippen LogP contribution in [0.15, 0.2) is 0 Å². The molecule has 0 aliphatic carbocycles. The summed E-state index contributed by atoms with van der Waals surface area (Å²) in [7, 11) is 0. The Hall–Kier alpha value is -0.0400. The first-order chi connectivity index (χ1) is 4.61. The van der Waals surface area contributed by atoms with Crippen LogP contribution in [-0.4, -0.2) is 23.5 Å². The molecule has 0 saturated carbocycles. The zero-order chi connectivity index (χ0) is 7.72. The summed E-state index contributed by atoms with van der Waals surface area (Å²) in [6.45, 7) is 10.6. The molecule has 0 N–H and O–H groups in total. The van der Waals surface area contributed by atoms with Gasteiger partial charge in [-0.2, -0.15) is 0 Å². The molecular formula is C9H19N. The second kappa shape index (κ2) is 2.91. The van der Waals surface area contributed by atoms with Gasteiger partial charge in [-0.1, -0.05) is 6.92 Å². The van der Waals surface area contributed by atoms with E-state index >= 15 is 0 Å². The van der Waals surface area contributed by atoms with Gasteiger partial charge in [0.2, 0.25) is 0 Å². The summed E-state index contributed by atoms with van der Waals surface area (Å²) in [5, 5.41) is 0. The lowest BCUT2D eigenvalue weighted by molar-refractivity contribution is 0.213. The highest BCUT2D eigenvalue weighted by Crippen LogP contribution is 2.23. The molecule has 0 aromatic rings. The van der Waals surface area contributed by atoms with Gasteiger partial charge in [0, 0.05) is 18.6 Å². The zero-order valence-corrected chi connectivity index (χ0v) is 7.59. The van der Waals surface area contributed by atoms with Crippen molar-refractivity contribution in [2.75, 3.05) is 6.54 Å². The predicted molar refractivity (Wildman–Crippen MR) is 45.1 cm³/mol. The van der Waals surface area contributed by atoms with Crippen LogP contribution in [0.2, 0.25) is 0 Å². The predicted octanol–water partition coefficient (Wildman–Crippen LogP) is 2.13. The molecule has 0 aromatic heterocycles. The molecule has 0 aromatic carbocycles. The van der Waals surface area contributed by atoms with E-state index in [1.165, 1.54) is 13.0 Å². The number of hydrogen-bond donors (Lipinski definition) is 0. The maximum absolute atomic E-state index is 2.59. The van der Waals surface area contributed by atoms with E-state index in [2.05, 4.69) is 32.6 Å². The van der Waals surface area contributed by atoms with Crippen LogP contribution < -0.4 is 0 Å². The molecule has 0 spiro atoms. The lowest BCUT2D eigenvalue weighted by Gasteiger charge is -2.25. The first kappa shape index (κ1) is 8.06. The minimum Gasteiger partial charge on any atom is -0.298 e. The molecule has 10 heavy (non-hydrogen) atoms. The number of likely N-dealkylation sites (tertiary alicyclic amines) is 1. The normalized spacial score (nSPS) is 35.7. The van der Waals surface area contributed by atoms with E-state index in [9.17, 15) is 0 Å². The molecule has 1 saturated heterocycles. The standard InChI is InChI=1S/C9H19N/c1-7(2)10-6-8(3)5-9(10)4/h7-9H,5-6H2,1-4H3/t8-,9-/m1/s1. The molecule has 0 bridgehead atoms. The zero-order valence-electron chi connectivity index (χ0n) is 7.59. The fourth-order valence-electron chi connectivity index (χ4n) is 2.05. The molecule has 1 rings (SSSR count). The Morgan fingerprint density at radius 1 is 1.30 bits per heavy atom. The van der Waals surface area contributed by atoms with Crippen LogP contribution >= 0.6 is 0 Å². The van der Waals surface area contributed by atoms with Crippen molar-refractivity contribution >= 4 is 0 Å². The number of nitrogens with zero attached hydrogens (tertiary/aromatic N) is 1. The van der Waals surface area contributed by atoms with Crippen molar-refractivity contribution in [1.82, 2.24) is 4.90 Å². The first-order valence-electron chi connectivity index (χ1n) is 4.37. The molecule has 1 heteroatoms. The Labute approximate surface area is 64.4 Å². The second-order valence-corrected chi connectivity index (χ2v) is 3.98. The number of hydrogen-bond acceptors (Lipinski definition) is 1. The minimum absolute atomic E-state index is 0.736. The van der Waals surface area contributed by atoms with Gasteiger partial charge in [0.15, 0.2) is 0 Å². The minimum atomic E-state index is 0.736. The highest BCUT2D eigenvalue weighted by molar-refractivity contribution is 4.81. The average Bonchev–Trinajstić information content (AvgIpc) is 2.10. The van der Waals surface area contributed by atoms with Crippen LogP contribution in [0.25, 0.3) is 0 Å². The van der Waals surface area contributed by atoms with E-state index < -0.39 is 0 Å². The van der Waals surface area contributed by atoms with Gasteiger partial charge < -0.3 is 0 Å². The lowest BCUT2D eigenvalue weighted by atomic mass is 10.1. The van der Waals surface area contributed by atoms with E-state index in [-0.39, 0.29) is 0 Å². The van der Waals surface area contributed by atoms with Crippen molar-refractivity contribution in [3.63, 3.8) is 0 Å². The van der Waals surface area contributed by atoms with Gasteiger partial charge in [-0.15, -0.1) is 0 Å². The third-order valence-corrected chi connectivity index (χ3v) is 2.50. The van der Waals surface area contributed by atoms with Crippen molar-refractivity contribution in [1.29, 1.82) is 0 Å². The monoisotopic (exact) mass is 141 g/mol. The molecule has 1 aliphatic rings. The summed E-state index contributed by atoms with van der Waals surface area (Å²) in [6.07, 6.45) is 1.39. The van der Waals surface area contributed by atoms with Crippen LogP contribution in [0.1, 0.15) is 34.1 Å².